The second-order valence-corrected chi connectivity index (χ2v) is 4.34. The van der Waals surface area contributed by atoms with Gasteiger partial charge in [-0.15, -0.1) is 0 Å². The van der Waals surface area contributed by atoms with E-state index in [1.807, 2.05) is 13.0 Å². The summed E-state index contributed by atoms with van der Waals surface area (Å²) < 4.78 is 41.2. The summed E-state index contributed by atoms with van der Waals surface area (Å²) in [6, 6.07) is 5.08. The van der Waals surface area contributed by atoms with Gasteiger partial charge in [0.15, 0.2) is 0 Å². The first-order valence-corrected chi connectivity index (χ1v) is 5.80. The van der Waals surface area contributed by atoms with Crippen molar-refractivity contribution in [2.45, 2.75) is 38.4 Å². The van der Waals surface area contributed by atoms with Gasteiger partial charge in [-0.2, -0.15) is 13.2 Å². The minimum Gasteiger partial charge on any atom is -0.496 e. The van der Waals surface area contributed by atoms with E-state index < -0.39 is 12.6 Å². The molecule has 1 rings (SSSR count). The summed E-state index contributed by atoms with van der Waals surface area (Å²) in [7, 11) is 1.57. The predicted molar refractivity (Wildman–Crippen MR) is 64.6 cm³/mol. The molecule has 0 saturated heterocycles. The predicted octanol–water partition coefficient (Wildman–Crippen LogP) is 3.74. The Morgan fingerprint density at radius 1 is 1.33 bits per heavy atom. The van der Waals surface area contributed by atoms with Gasteiger partial charge in [-0.25, -0.2) is 0 Å². The molecule has 0 aliphatic carbocycles. The third kappa shape index (κ3) is 4.56. The maximum absolute atomic E-state index is 12.0. The van der Waals surface area contributed by atoms with Crippen LogP contribution in [0.15, 0.2) is 18.2 Å². The molecule has 2 N–H and O–H groups in total. The second-order valence-electron chi connectivity index (χ2n) is 4.34. The molecule has 0 fully saturated rings. The van der Waals surface area contributed by atoms with Gasteiger partial charge in [0.05, 0.1) is 7.11 Å². The number of rotatable bonds is 5. The standard InChI is InChI=1S/C13H18F3NO/c1-9-8-10(5-6-12(9)18-2)11(17)4-3-7-13(14,15)16/h5-6,8,11H,3-4,7,17H2,1-2H3. The molecular weight excluding hydrogens is 243 g/mol. The second kappa shape index (κ2) is 6.09. The Kier molecular flexibility index (Phi) is 5.02. The molecule has 1 aromatic carbocycles. The van der Waals surface area contributed by atoms with Gasteiger partial charge in [-0.05, 0) is 37.0 Å². The molecule has 0 aliphatic rings. The largest absolute Gasteiger partial charge is 0.496 e. The number of ether oxygens (including phenoxy) is 1. The van der Waals surface area contributed by atoms with E-state index in [4.69, 9.17) is 10.5 Å². The van der Waals surface area contributed by atoms with Crippen LogP contribution in [0.1, 0.15) is 36.4 Å². The number of halogens is 3. The van der Waals surface area contributed by atoms with Crippen molar-refractivity contribution in [3.8, 4) is 5.75 Å². The van der Waals surface area contributed by atoms with Crippen molar-refractivity contribution in [1.82, 2.24) is 0 Å². The molecule has 0 amide bonds. The number of hydrogen-bond donors (Lipinski definition) is 1. The fraction of sp³-hybridized carbons (Fsp3) is 0.538. The molecule has 0 aromatic heterocycles. The van der Waals surface area contributed by atoms with E-state index in [1.165, 1.54) is 0 Å². The number of aryl methyl sites for hydroxylation is 1. The number of nitrogens with two attached hydrogens (primary N) is 1. The van der Waals surface area contributed by atoms with Crippen LogP contribution in [0.4, 0.5) is 13.2 Å². The normalized spacial score (nSPS) is 13.4. The summed E-state index contributed by atoms with van der Waals surface area (Å²) in [5.74, 6) is 0.751. The van der Waals surface area contributed by atoms with Gasteiger partial charge in [0.2, 0.25) is 0 Å². The van der Waals surface area contributed by atoms with Crippen LogP contribution in [0, 0.1) is 6.92 Å². The molecule has 0 aliphatic heterocycles. The average molecular weight is 261 g/mol. The van der Waals surface area contributed by atoms with E-state index in [1.54, 1.807) is 19.2 Å². The van der Waals surface area contributed by atoms with Crippen LogP contribution in [0.5, 0.6) is 5.75 Å². The van der Waals surface area contributed by atoms with E-state index in [0.29, 0.717) is 6.42 Å². The SMILES string of the molecule is COc1ccc(C(N)CCCC(F)(F)F)cc1C. The summed E-state index contributed by atoms with van der Waals surface area (Å²) in [5.41, 5.74) is 7.65. The Labute approximate surface area is 105 Å². The third-order valence-electron chi connectivity index (χ3n) is 2.82. The van der Waals surface area contributed by atoms with E-state index >= 15 is 0 Å². The van der Waals surface area contributed by atoms with Gasteiger partial charge in [0.25, 0.3) is 0 Å². The van der Waals surface area contributed by atoms with Gasteiger partial charge in [-0.1, -0.05) is 12.1 Å². The monoisotopic (exact) mass is 261 g/mol. The van der Waals surface area contributed by atoms with Crippen molar-refractivity contribution >= 4 is 0 Å². The third-order valence-corrected chi connectivity index (χ3v) is 2.82. The first-order valence-electron chi connectivity index (χ1n) is 5.80. The fourth-order valence-corrected chi connectivity index (χ4v) is 1.82. The maximum Gasteiger partial charge on any atom is 0.389 e. The lowest BCUT2D eigenvalue weighted by Crippen LogP contribution is -2.13. The summed E-state index contributed by atoms with van der Waals surface area (Å²) in [6.07, 6.45) is -4.51. The van der Waals surface area contributed by atoms with Crippen molar-refractivity contribution in [3.05, 3.63) is 29.3 Å². The van der Waals surface area contributed by atoms with Crippen molar-refractivity contribution in [2.24, 2.45) is 5.73 Å². The molecule has 2 nitrogen and oxygen atoms in total. The Bertz CT molecular complexity index is 390. The highest BCUT2D eigenvalue weighted by molar-refractivity contribution is 5.37. The van der Waals surface area contributed by atoms with Crippen LogP contribution in [0.2, 0.25) is 0 Å². The molecule has 0 spiro atoms. The van der Waals surface area contributed by atoms with E-state index in [0.717, 1.165) is 16.9 Å². The maximum atomic E-state index is 12.0. The quantitative estimate of drug-likeness (QED) is 0.876. The lowest BCUT2D eigenvalue weighted by atomic mass is 10.00. The van der Waals surface area contributed by atoms with Gasteiger partial charge < -0.3 is 10.5 Å². The van der Waals surface area contributed by atoms with Gasteiger partial charge in [0.1, 0.15) is 5.75 Å². The molecule has 5 heteroatoms. The van der Waals surface area contributed by atoms with Crippen molar-refractivity contribution in [3.63, 3.8) is 0 Å². The van der Waals surface area contributed by atoms with Gasteiger partial charge >= 0.3 is 6.18 Å². The van der Waals surface area contributed by atoms with Crippen molar-refractivity contribution in [1.29, 1.82) is 0 Å². The van der Waals surface area contributed by atoms with Crippen molar-refractivity contribution < 1.29 is 17.9 Å². The topological polar surface area (TPSA) is 35.2 Å². The Balaban J connectivity index is 2.56. The summed E-state index contributed by atoms with van der Waals surface area (Å²) in [4.78, 5) is 0. The summed E-state index contributed by atoms with van der Waals surface area (Å²) in [6.45, 7) is 1.88. The number of hydrogen-bond acceptors (Lipinski definition) is 2. The van der Waals surface area contributed by atoms with Crippen LogP contribution in [-0.2, 0) is 0 Å². The summed E-state index contributed by atoms with van der Waals surface area (Å²) >= 11 is 0. The zero-order chi connectivity index (χ0) is 13.8. The van der Waals surface area contributed by atoms with Crippen LogP contribution < -0.4 is 10.5 Å². The zero-order valence-electron chi connectivity index (χ0n) is 10.6. The van der Waals surface area contributed by atoms with Gasteiger partial charge in [-0.3, -0.25) is 0 Å². The minimum atomic E-state index is -4.10. The fourth-order valence-electron chi connectivity index (χ4n) is 1.82. The Hall–Kier alpha value is -1.23. The smallest absolute Gasteiger partial charge is 0.389 e. The van der Waals surface area contributed by atoms with Crippen molar-refractivity contribution in [2.75, 3.05) is 7.11 Å². The first kappa shape index (κ1) is 14.8. The van der Waals surface area contributed by atoms with Crippen LogP contribution in [0.3, 0.4) is 0 Å². The lowest BCUT2D eigenvalue weighted by Gasteiger charge is -2.14. The van der Waals surface area contributed by atoms with E-state index in [2.05, 4.69) is 0 Å². The molecule has 0 saturated carbocycles. The number of benzene rings is 1. The number of alkyl halides is 3. The lowest BCUT2D eigenvalue weighted by molar-refractivity contribution is -0.135. The molecule has 0 bridgehead atoms. The highest BCUT2D eigenvalue weighted by Crippen LogP contribution is 2.27. The highest BCUT2D eigenvalue weighted by Gasteiger charge is 2.26. The molecule has 0 heterocycles. The number of methoxy groups -OCH3 is 1. The van der Waals surface area contributed by atoms with Crippen LogP contribution in [0.25, 0.3) is 0 Å². The highest BCUT2D eigenvalue weighted by atomic mass is 19.4. The van der Waals surface area contributed by atoms with Crippen LogP contribution >= 0.6 is 0 Å². The molecular formula is C13H18F3NO. The average Bonchev–Trinajstić information content (AvgIpc) is 2.27. The zero-order valence-corrected chi connectivity index (χ0v) is 10.6. The first-order chi connectivity index (χ1) is 8.33. The Morgan fingerprint density at radius 3 is 2.50 bits per heavy atom. The molecule has 1 aromatic rings. The molecule has 18 heavy (non-hydrogen) atoms. The molecule has 0 radical (unpaired) electrons. The van der Waals surface area contributed by atoms with E-state index in [9.17, 15) is 13.2 Å². The van der Waals surface area contributed by atoms with E-state index in [-0.39, 0.29) is 12.5 Å². The molecule has 102 valence electrons. The molecule has 1 unspecified atom stereocenters. The minimum absolute atomic E-state index is 0.0513. The summed E-state index contributed by atoms with van der Waals surface area (Å²) in [5, 5.41) is 0. The van der Waals surface area contributed by atoms with Crippen LogP contribution in [-0.4, -0.2) is 13.3 Å². The Morgan fingerprint density at radius 2 is 2.00 bits per heavy atom. The molecule has 1 atom stereocenters. The van der Waals surface area contributed by atoms with Gasteiger partial charge in [0, 0.05) is 12.5 Å².